The molecule has 0 aliphatic carbocycles. The molecule has 1 fully saturated rings. The van der Waals surface area contributed by atoms with Crippen LogP contribution in [0.3, 0.4) is 0 Å². The van der Waals surface area contributed by atoms with Gasteiger partial charge in [-0.15, -0.1) is 0 Å². The fraction of sp³-hybridized carbons (Fsp3) is 0.611. The number of piperidine rings is 1. The molecule has 0 radical (unpaired) electrons. The molecule has 0 bridgehead atoms. The van der Waals surface area contributed by atoms with Crippen LogP contribution < -0.4 is 0 Å². The maximum absolute atomic E-state index is 6.78. The molecular formula is C18H24ClN5O. The van der Waals surface area contributed by atoms with E-state index in [-0.39, 0.29) is 17.1 Å². The first-order chi connectivity index (χ1) is 11.8. The number of pyridine rings is 1. The van der Waals surface area contributed by atoms with Crippen molar-refractivity contribution in [3.8, 4) is 0 Å². The SMILES string of the molecule is Cc1ccc2c(n1)C1(CCN(Cl)CC1)OC2C(C)(C)c1ncnn1C. The van der Waals surface area contributed by atoms with Gasteiger partial charge in [-0.3, -0.25) is 9.67 Å². The van der Waals surface area contributed by atoms with Crippen LogP contribution in [-0.2, 0) is 22.8 Å². The van der Waals surface area contributed by atoms with Gasteiger partial charge in [-0.2, -0.15) is 5.10 Å². The summed E-state index contributed by atoms with van der Waals surface area (Å²) in [5, 5.41) is 4.25. The van der Waals surface area contributed by atoms with Crippen LogP contribution in [0.5, 0.6) is 0 Å². The minimum absolute atomic E-state index is 0.111. The quantitative estimate of drug-likeness (QED) is 0.769. The fourth-order valence-corrected chi connectivity index (χ4v) is 4.39. The van der Waals surface area contributed by atoms with Crippen LogP contribution >= 0.6 is 11.8 Å². The van der Waals surface area contributed by atoms with Crippen LogP contribution in [0.1, 0.15) is 55.6 Å². The number of aromatic nitrogens is 4. The van der Waals surface area contributed by atoms with Gasteiger partial charge in [-0.05, 0) is 51.5 Å². The van der Waals surface area contributed by atoms with Crippen LogP contribution in [0.4, 0.5) is 0 Å². The van der Waals surface area contributed by atoms with E-state index in [2.05, 4.69) is 36.1 Å². The maximum Gasteiger partial charge on any atom is 0.138 e. The third kappa shape index (κ3) is 2.58. The molecule has 7 heteroatoms. The molecule has 6 nitrogen and oxygen atoms in total. The molecule has 2 aliphatic rings. The van der Waals surface area contributed by atoms with E-state index in [0.717, 1.165) is 43.1 Å². The van der Waals surface area contributed by atoms with Crippen molar-refractivity contribution in [2.75, 3.05) is 13.1 Å². The first kappa shape index (κ1) is 16.9. The molecule has 4 rings (SSSR count). The number of ether oxygens (including phenoxy) is 1. The second-order valence-corrected chi connectivity index (χ2v) is 8.20. The summed E-state index contributed by atoms with van der Waals surface area (Å²) in [4.78, 5) is 9.38. The van der Waals surface area contributed by atoms with Crippen LogP contribution in [0, 0.1) is 6.92 Å². The highest BCUT2D eigenvalue weighted by Gasteiger charge is 2.53. The number of fused-ring (bicyclic) bond motifs is 2. The molecule has 2 aliphatic heterocycles. The zero-order chi connectivity index (χ0) is 17.8. The zero-order valence-electron chi connectivity index (χ0n) is 15.2. The largest absolute Gasteiger partial charge is 0.360 e. The third-order valence-corrected chi connectivity index (χ3v) is 5.92. The second-order valence-electron chi connectivity index (χ2n) is 7.72. The van der Waals surface area contributed by atoms with Gasteiger partial charge in [-0.1, -0.05) is 6.07 Å². The van der Waals surface area contributed by atoms with Crippen LogP contribution in [0.15, 0.2) is 18.5 Å². The van der Waals surface area contributed by atoms with Crippen molar-refractivity contribution in [1.29, 1.82) is 0 Å². The van der Waals surface area contributed by atoms with Gasteiger partial charge >= 0.3 is 0 Å². The lowest BCUT2D eigenvalue weighted by Crippen LogP contribution is -2.40. The Balaban J connectivity index is 1.80. The fourth-order valence-electron chi connectivity index (χ4n) is 4.22. The normalized spacial score (nSPS) is 23.2. The molecule has 1 saturated heterocycles. The molecule has 1 unspecified atom stereocenters. The van der Waals surface area contributed by atoms with Gasteiger partial charge < -0.3 is 4.74 Å². The highest BCUT2D eigenvalue weighted by molar-refractivity contribution is 6.13. The van der Waals surface area contributed by atoms with E-state index >= 15 is 0 Å². The van der Waals surface area contributed by atoms with E-state index in [9.17, 15) is 0 Å². The average Bonchev–Trinajstić information content (AvgIpc) is 3.14. The summed E-state index contributed by atoms with van der Waals surface area (Å²) < 4.78 is 10.4. The monoisotopic (exact) mass is 361 g/mol. The van der Waals surface area contributed by atoms with Crippen molar-refractivity contribution in [3.63, 3.8) is 0 Å². The van der Waals surface area contributed by atoms with Crippen LogP contribution in [0.25, 0.3) is 0 Å². The molecule has 0 N–H and O–H groups in total. The van der Waals surface area contributed by atoms with Crippen LogP contribution in [0.2, 0.25) is 0 Å². The number of halogens is 1. The summed E-state index contributed by atoms with van der Waals surface area (Å²) >= 11 is 6.20. The molecule has 1 atom stereocenters. The Hall–Kier alpha value is -1.50. The predicted molar refractivity (Wildman–Crippen MR) is 95.2 cm³/mol. The summed E-state index contributed by atoms with van der Waals surface area (Å²) in [7, 11) is 1.93. The summed E-state index contributed by atoms with van der Waals surface area (Å²) in [5.41, 5.74) is 2.59. The summed E-state index contributed by atoms with van der Waals surface area (Å²) in [6, 6.07) is 4.24. The van der Waals surface area contributed by atoms with Gasteiger partial charge in [0.2, 0.25) is 0 Å². The molecular weight excluding hydrogens is 338 g/mol. The molecule has 25 heavy (non-hydrogen) atoms. The highest BCUT2D eigenvalue weighted by Crippen LogP contribution is 2.54. The Kier molecular flexibility index (Phi) is 3.90. The van der Waals surface area contributed by atoms with E-state index in [1.807, 2.05) is 23.1 Å². The number of nitrogens with zero attached hydrogens (tertiary/aromatic N) is 5. The first-order valence-corrected chi connectivity index (χ1v) is 9.08. The van der Waals surface area contributed by atoms with Gasteiger partial charge in [0.25, 0.3) is 0 Å². The molecule has 134 valence electrons. The second kappa shape index (κ2) is 5.76. The topological polar surface area (TPSA) is 56.1 Å². The maximum atomic E-state index is 6.78. The molecule has 2 aromatic heterocycles. The van der Waals surface area contributed by atoms with E-state index in [4.69, 9.17) is 21.5 Å². The van der Waals surface area contributed by atoms with Crippen molar-refractivity contribution in [3.05, 3.63) is 41.2 Å². The van der Waals surface area contributed by atoms with Crippen molar-refractivity contribution in [2.24, 2.45) is 7.05 Å². The smallest absolute Gasteiger partial charge is 0.138 e. The Morgan fingerprint density at radius 2 is 2.00 bits per heavy atom. The van der Waals surface area contributed by atoms with Crippen molar-refractivity contribution in [2.45, 2.75) is 50.7 Å². The van der Waals surface area contributed by atoms with E-state index in [0.29, 0.717) is 0 Å². The first-order valence-electron chi connectivity index (χ1n) is 8.74. The Morgan fingerprint density at radius 1 is 1.28 bits per heavy atom. The van der Waals surface area contributed by atoms with Crippen molar-refractivity contribution in [1.82, 2.24) is 24.2 Å². The zero-order valence-corrected chi connectivity index (χ0v) is 15.9. The number of rotatable bonds is 2. The molecule has 4 heterocycles. The Bertz CT molecular complexity index is 795. The lowest BCUT2D eigenvalue weighted by molar-refractivity contribution is -0.126. The van der Waals surface area contributed by atoms with Gasteiger partial charge in [0.05, 0.1) is 17.2 Å². The lowest BCUT2D eigenvalue weighted by atomic mass is 9.81. The minimum atomic E-state index is -0.354. The van der Waals surface area contributed by atoms with E-state index in [1.165, 1.54) is 5.56 Å². The summed E-state index contributed by atoms with van der Waals surface area (Å²) in [6.07, 6.45) is 3.19. The molecule has 0 saturated carbocycles. The predicted octanol–water partition coefficient (Wildman–Crippen LogP) is 3.01. The standard InChI is InChI=1S/C18H24ClN5O/c1-12-5-6-13-14(22-12)18(7-9-24(19)10-8-18)25-15(13)17(2,3)16-20-11-21-23(16)4/h5-6,11,15H,7-10H2,1-4H3. The number of aryl methyl sites for hydroxylation is 2. The molecule has 0 aromatic carbocycles. The van der Waals surface area contributed by atoms with Gasteiger partial charge in [-0.25, -0.2) is 9.40 Å². The average molecular weight is 362 g/mol. The number of hydrogen-bond acceptors (Lipinski definition) is 5. The summed E-state index contributed by atoms with van der Waals surface area (Å²) in [5.74, 6) is 0.913. The molecule has 1 spiro atoms. The summed E-state index contributed by atoms with van der Waals surface area (Å²) in [6.45, 7) is 7.97. The highest BCUT2D eigenvalue weighted by atomic mass is 35.5. The van der Waals surface area contributed by atoms with Gasteiger partial charge in [0, 0.05) is 31.4 Å². The van der Waals surface area contributed by atoms with Crippen molar-refractivity contribution >= 4 is 11.8 Å². The third-order valence-electron chi connectivity index (χ3n) is 5.58. The van der Waals surface area contributed by atoms with Crippen LogP contribution in [-0.4, -0.2) is 37.3 Å². The Labute approximate surface area is 153 Å². The van der Waals surface area contributed by atoms with E-state index in [1.54, 1.807) is 6.33 Å². The Morgan fingerprint density at radius 3 is 2.64 bits per heavy atom. The molecule has 2 aromatic rings. The van der Waals surface area contributed by atoms with E-state index < -0.39 is 0 Å². The van der Waals surface area contributed by atoms with Gasteiger partial charge in [0.1, 0.15) is 17.8 Å². The van der Waals surface area contributed by atoms with Gasteiger partial charge in [0.15, 0.2) is 0 Å². The lowest BCUT2D eigenvalue weighted by Gasteiger charge is -2.38. The number of hydrogen-bond donors (Lipinski definition) is 0. The minimum Gasteiger partial charge on any atom is -0.360 e. The van der Waals surface area contributed by atoms with Crippen molar-refractivity contribution < 1.29 is 4.74 Å². The molecule has 0 amide bonds.